The Labute approximate surface area is 131 Å². The molecule has 0 aliphatic heterocycles. The van der Waals surface area contributed by atoms with Crippen molar-refractivity contribution in [1.29, 1.82) is 0 Å². The molecule has 3 aromatic rings. The minimum absolute atomic E-state index is 0.238. The monoisotopic (exact) mass is 394 g/mol. The highest BCUT2D eigenvalue weighted by Crippen LogP contribution is 2.31. The predicted molar refractivity (Wildman–Crippen MR) is 83.4 cm³/mol. The molecule has 0 fully saturated rings. The summed E-state index contributed by atoms with van der Waals surface area (Å²) in [6, 6.07) is 10.6. The van der Waals surface area contributed by atoms with Crippen LogP contribution in [0.2, 0.25) is 0 Å². The molecular formula is C14H8Br2N2O2. The summed E-state index contributed by atoms with van der Waals surface area (Å²) in [6.07, 6.45) is 1.68. The molecule has 0 radical (unpaired) electrons. The van der Waals surface area contributed by atoms with Crippen molar-refractivity contribution in [2.45, 2.75) is 0 Å². The third-order valence-electron chi connectivity index (χ3n) is 2.97. The number of benzene rings is 2. The summed E-state index contributed by atoms with van der Waals surface area (Å²) in [5, 5.41) is 9.10. The number of aromatic nitrogens is 2. The maximum Gasteiger partial charge on any atom is 0.335 e. The number of para-hydroxylation sites is 1. The summed E-state index contributed by atoms with van der Waals surface area (Å²) in [5.74, 6) is -0.953. The molecule has 0 aliphatic carbocycles. The van der Waals surface area contributed by atoms with E-state index in [-0.39, 0.29) is 5.56 Å². The van der Waals surface area contributed by atoms with Crippen molar-refractivity contribution in [3.8, 4) is 5.69 Å². The van der Waals surface area contributed by atoms with Crippen LogP contribution in [0.1, 0.15) is 10.4 Å². The molecule has 20 heavy (non-hydrogen) atoms. The highest BCUT2D eigenvalue weighted by atomic mass is 79.9. The number of fused-ring (bicyclic) bond motifs is 1. The molecule has 100 valence electrons. The van der Waals surface area contributed by atoms with Gasteiger partial charge in [0.1, 0.15) is 6.33 Å². The molecule has 0 spiro atoms. The van der Waals surface area contributed by atoms with Crippen molar-refractivity contribution in [1.82, 2.24) is 9.55 Å². The summed E-state index contributed by atoms with van der Waals surface area (Å²) >= 11 is 7.01. The predicted octanol–water partition coefficient (Wildman–Crippen LogP) is 4.25. The summed E-state index contributed by atoms with van der Waals surface area (Å²) in [4.78, 5) is 15.4. The lowest BCUT2D eigenvalue weighted by molar-refractivity contribution is 0.0697. The van der Waals surface area contributed by atoms with E-state index in [4.69, 9.17) is 5.11 Å². The fraction of sp³-hybridized carbons (Fsp3) is 0. The average Bonchev–Trinajstić information content (AvgIpc) is 2.81. The van der Waals surface area contributed by atoms with Crippen LogP contribution in [-0.4, -0.2) is 20.6 Å². The van der Waals surface area contributed by atoms with Gasteiger partial charge in [-0.05, 0) is 62.2 Å². The first-order valence-electron chi connectivity index (χ1n) is 5.72. The number of carboxylic acid groups (broad SMARTS) is 1. The Balaban J connectivity index is 2.31. The molecule has 3 rings (SSSR count). The average molecular weight is 396 g/mol. The van der Waals surface area contributed by atoms with E-state index in [1.165, 1.54) is 0 Å². The first-order valence-corrected chi connectivity index (χ1v) is 7.31. The molecule has 1 heterocycles. The fourth-order valence-corrected chi connectivity index (χ4v) is 3.42. The molecule has 0 bridgehead atoms. The largest absolute Gasteiger partial charge is 0.478 e. The maximum absolute atomic E-state index is 11.1. The highest BCUT2D eigenvalue weighted by Gasteiger charge is 2.13. The molecule has 0 unspecified atom stereocenters. The van der Waals surface area contributed by atoms with E-state index in [2.05, 4.69) is 36.8 Å². The third kappa shape index (κ3) is 2.14. The second-order valence-electron chi connectivity index (χ2n) is 4.19. The van der Waals surface area contributed by atoms with Gasteiger partial charge in [0.25, 0.3) is 0 Å². The van der Waals surface area contributed by atoms with Gasteiger partial charge in [-0.25, -0.2) is 9.78 Å². The quantitative estimate of drug-likeness (QED) is 0.705. The Morgan fingerprint density at radius 2 is 1.85 bits per heavy atom. The fourth-order valence-electron chi connectivity index (χ4n) is 2.04. The number of carbonyl (C=O) groups is 1. The van der Waals surface area contributed by atoms with Crippen molar-refractivity contribution in [2.24, 2.45) is 0 Å². The zero-order chi connectivity index (χ0) is 14.3. The van der Waals surface area contributed by atoms with E-state index in [0.717, 1.165) is 25.7 Å². The first kappa shape index (κ1) is 13.3. The Kier molecular flexibility index (Phi) is 3.35. The number of hydrogen-bond donors (Lipinski definition) is 1. The Morgan fingerprint density at radius 1 is 1.15 bits per heavy atom. The molecule has 4 nitrogen and oxygen atoms in total. The number of nitrogens with zero attached hydrogens (tertiary/aromatic N) is 2. The van der Waals surface area contributed by atoms with Crippen LogP contribution in [0.3, 0.4) is 0 Å². The van der Waals surface area contributed by atoms with Crippen molar-refractivity contribution >= 4 is 48.9 Å². The summed E-state index contributed by atoms with van der Waals surface area (Å²) in [6.45, 7) is 0. The van der Waals surface area contributed by atoms with Crippen LogP contribution in [-0.2, 0) is 0 Å². The molecule has 0 atom stereocenters. The van der Waals surface area contributed by atoms with Crippen LogP contribution in [0, 0.1) is 0 Å². The number of hydrogen-bond acceptors (Lipinski definition) is 2. The second-order valence-corrected chi connectivity index (χ2v) is 5.90. The Hall–Kier alpha value is -1.66. The molecule has 1 N–H and O–H groups in total. The summed E-state index contributed by atoms with van der Waals surface area (Å²) < 4.78 is 3.65. The number of halogens is 2. The van der Waals surface area contributed by atoms with Gasteiger partial charge >= 0.3 is 5.97 Å². The zero-order valence-electron chi connectivity index (χ0n) is 10.0. The van der Waals surface area contributed by atoms with Gasteiger partial charge in [0.05, 0.1) is 22.3 Å². The van der Waals surface area contributed by atoms with Gasteiger partial charge in [-0.2, -0.15) is 0 Å². The van der Waals surface area contributed by atoms with Gasteiger partial charge < -0.3 is 5.11 Å². The van der Waals surface area contributed by atoms with Gasteiger partial charge in [-0.15, -0.1) is 0 Å². The van der Waals surface area contributed by atoms with E-state index in [1.54, 1.807) is 24.5 Å². The molecular weight excluding hydrogens is 388 g/mol. The van der Waals surface area contributed by atoms with Gasteiger partial charge in [0.15, 0.2) is 0 Å². The maximum atomic E-state index is 11.1. The van der Waals surface area contributed by atoms with Crippen LogP contribution in [0.15, 0.2) is 51.7 Å². The minimum atomic E-state index is -0.953. The highest BCUT2D eigenvalue weighted by molar-refractivity contribution is 9.11. The summed E-state index contributed by atoms with van der Waals surface area (Å²) in [5.41, 5.74) is 2.62. The smallest absolute Gasteiger partial charge is 0.335 e. The lowest BCUT2D eigenvalue weighted by Crippen LogP contribution is -1.98. The molecule has 2 aromatic carbocycles. The van der Waals surface area contributed by atoms with E-state index < -0.39 is 5.97 Å². The summed E-state index contributed by atoms with van der Waals surface area (Å²) in [7, 11) is 0. The second kappa shape index (κ2) is 5.03. The normalized spacial score (nSPS) is 10.9. The molecule has 0 saturated carbocycles. The Morgan fingerprint density at radius 3 is 2.50 bits per heavy atom. The van der Waals surface area contributed by atoms with Crippen LogP contribution in [0.25, 0.3) is 16.7 Å². The van der Waals surface area contributed by atoms with Crippen molar-refractivity contribution in [3.63, 3.8) is 0 Å². The van der Waals surface area contributed by atoms with Crippen molar-refractivity contribution in [3.05, 3.63) is 57.2 Å². The van der Waals surface area contributed by atoms with Gasteiger partial charge in [0, 0.05) is 8.95 Å². The third-order valence-corrected chi connectivity index (χ3v) is 4.25. The van der Waals surface area contributed by atoms with Gasteiger partial charge in [-0.1, -0.05) is 6.07 Å². The first-order chi connectivity index (χ1) is 9.58. The van der Waals surface area contributed by atoms with E-state index in [0.29, 0.717) is 0 Å². The van der Waals surface area contributed by atoms with Gasteiger partial charge in [0.2, 0.25) is 0 Å². The topological polar surface area (TPSA) is 55.1 Å². The molecule has 1 aromatic heterocycles. The molecule has 0 amide bonds. The Bertz CT molecular complexity index is 807. The standard InChI is InChI=1S/C14H8Br2N2O2/c15-9-2-1-3-10(16)13(9)18-7-17-11-5-4-8(14(19)20)6-12(11)18/h1-7H,(H,19,20). The number of aromatic carboxylic acids is 1. The van der Waals surface area contributed by atoms with E-state index in [1.807, 2.05) is 22.8 Å². The lowest BCUT2D eigenvalue weighted by atomic mass is 10.2. The number of imidazole rings is 1. The van der Waals surface area contributed by atoms with E-state index in [9.17, 15) is 4.79 Å². The number of carboxylic acids is 1. The van der Waals surface area contributed by atoms with E-state index >= 15 is 0 Å². The SMILES string of the molecule is O=C(O)c1ccc2ncn(-c3c(Br)cccc3Br)c2c1. The number of rotatable bonds is 2. The van der Waals surface area contributed by atoms with Crippen molar-refractivity contribution in [2.75, 3.05) is 0 Å². The minimum Gasteiger partial charge on any atom is -0.478 e. The lowest BCUT2D eigenvalue weighted by Gasteiger charge is -2.09. The van der Waals surface area contributed by atoms with Crippen LogP contribution < -0.4 is 0 Å². The molecule has 0 aliphatic rings. The molecule has 6 heteroatoms. The van der Waals surface area contributed by atoms with Crippen LogP contribution >= 0.6 is 31.9 Å². The zero-order valence-corrected chi connectivity index (χ0v) is 13.2. The van der Waals surface area contributed by atoms with Gasteiger partial charge in [-0.3, -0.25) is 4.57 Å². The van der Waals surface area contributed by atoms with Crippen molar-refractivity contribution < 1.29 is 9.90 Å². The van der Waals surface area contributed by atoms with Crippen LogP contribution in [0.4, 0.5) is 0 Å². The molecule has 0 saturated heterocycles. The van der Waals surface area contributed by atoms with Crippen LogP contribution in [0.5, 0.6) is 0 Å².